The summed E-state index contributed by atoms with van der Waals surface area (Å²) in [5, 5.41) is 9.51. The molecule has 7 rings (SSSR count). The van der Waals surface area contributed by atoms with Crippen LogP contribution in [0.4, 0.5) is 17.6 Å². The van der Waals surface area contributed by atoms with E-state index in [1.807, 2.05) is 34.9 Å². The zero-order chi connectivity index (χ0) is 31.5. The van der Waals surface area contributed by atoms with Crippen molar-refractivity contribution in [2.24, 2.45) is 0 Å². The first-order valence-corrected chi connectivity index (χ1v) is 14.3. The maximum Gasteiger partial charge on any atom is 0.416 e. The highest BCUT2D eigenvalue weighted by atomic mass is 19.4. The molecule has 230 valence electrons. The predicted octanol–water partition coefficient (Wildman–Crippen LogP) is 7.58. The predicted molar refractivity (Wildman–Crippen MR) is 156 cm³/mol. The number of rotatable bonds is 7. The minimum Gasteiger partial charge on any atom is -0.478 e. The molecule has 1 N–H and O–H groups in total. The Morgan fingerprint density at radius 1 is 1.04 bits per heavy atom. The van der Waals surface area contributed by atoms with E-state index < -0.39 is 29.3 Å². The van der Waals surface area contributed by atoms with Crippen molar-refractivity contribution in [3.8, 4) is 22.6 Å². The lowest BCUT2D eigenvalue weighted by Gasteiger charge is -2.27. The van der Waals surface area contributed by atoms with Gasteiger partial charge < -0.3 is 23.9 Å². The van der Waals surface area contributed by atoms with Gasteiger partial charge in [0.15, 0.2) is 11.5 Å². The Balaban J connectivity index is 1.16. The standard InChI is InChI=1S/C34H26F4N2O5/c1-33(25-11-10-22(17-26(25)35)34(36,37)38)44-29-4-2-3-24(31(29)45-33)20-7-5-19(6-8-20)15-30-39-27-12-9-21(32(41)42)16-28(27)40(30)18-23-13-14-43-23/h2-12,16-17,23H,13-15,18H2,1H3,(H,41,42)/t23-,33?/m0/s1. The van der Waals surface area contributed by atoms with Gasteiger partial charge in [0.25, 0.3) is 5.79 Å². The van der Waals surface area contributed by atoms with Gasteiger partial charge in [-0.25, -0.2) is 14.2 Å². The van der Waals surface area contributed by atoms with E-state index in [1.165, 1.54) is 6.92 Å². The zero-order valence-electron chi connectivity index (χ0n) is 23.9. The molecule has 0 bridgehead atoms. The quantitative estimate of drug-likeness (QED) is 0.189. The monoisotopic (exact) mass is 618 g/mol. The molecule has 1 saturated heterocycles. The summed E-state index contributed by atoms with van der Waals surface area (Å²) < 4.78 is 73.9. The fourth-order valence-corrected chi connectivity index (χ4v) is 5.79. The molecule has 2 aliphatic heterocycles. The van der Waals surface area contributed by atoms with Gasteiger partial charge in [0.05, 0.1) is 40.4 Å². The Kier molecular flexibility index (Phi) is 6.81. The number of hydrogen-bond donors (Lipinski definition) is 1. The number of carbonyl (C=O) groups is 1. The van der Waals surface area contributed by atoms with E-state index in [9.17, 15) is 27.5 Å². The molecule has 0 radical (unpaired) electrons. The first-order chi connectivity index (χ1) is 21.5. The van der Waals surface area contributed by atoms with Gasteiger partial charge in [-0.2, -0.15) is 13.2 Å². The van der Waals surface area contributed by atoms with Crippen molar-refractivity contribution in [3.63, 3.8) is 0 Å². The van der Waals surface area contributed by atoms with Gasteiger partial charge in [-0.15, -0.1) is 0 Å². The second kappa shape index (κ2) is 10.6. The number of para-hydroxylation sites is 1. The minimum absolute atomic E-state index is 0.0427. The maximum atomic E-state index is 14.9. The van der Waals surface area contributed by atoms with E-state index in [0.717, 1.165) is 41.0 Å². The summed E-state index contributed by atoms with van der Waals surface area (Å²) in [5.74, 6) is -2.29. The van der Waals surface area contributed by atoms with Crippen LogP contribution in [0.2, 0.25) is 0 Å². The van der Waals surface area contributed by atoms with E-state index in [4.69, 9.17) is 19.2 Å². The first-order valence-electron chi connectivity index (χ1n) is 14.3. The molecule has 1 unspecified atom stereocenters. The van der Waals surface area contributed by atoms with Crippen LogP contribution in [0.5, 0.6) is 11.5 Å². The molecule has 1 fully saturated rings. The van der Waals surface area contributed by atoms with Crippen LogP contribution in [0.3, 0.4) is 0 Å². The molecule has 0 saturated carbocycles. The van der Waals surface area contributed by atoms with Crippen LogP contribution >= 0.6 is 0 Å². The average Bonchev–Trinajstić information content (AvgIpc) is 3.51. The molecular formula is C34H26F4N2O5. The van der Waals surface area contributed by atoms with E-state index >= 15 is 0 Å². The van der Waals surface area contributed by atoms with Crippen LogP contribution in [0.15, 0.2) is 78.9 Å². The van der Waals surface area contributed by atoms with E-state index in [2.05, 4.69) is 0 Å². The lowest BCUT2D eigenvalue weighted by atomic mass is 10.0. The van der Waals surface area contributed by atoms with Crippen molar-refractivity contribution >= 4 is 17.0 Å². The molecule has 0 aliphatic carbocycles. The Morgan fingerprint density at radius 2 is 1.82 bits per heavy atom. The number of carboxylic acid groups (broad SMARTS) is 1. The van der Waals surface area contributed by atoms with Gasteiger partial charge in [-0.1, -0.05) is 36.4 Å². The third-order valence-electron chi connectivity index (χ3n) is 8.25. The van der Waals surface area contributed by atoms with Crippen molar-refractivity contribution in [1.29, 1.82) is 0 Å². The van der Waals surface area contributed by atoms with Crippen LogP contribution in [0.1, 0.15) is 46.2 Å². The molecule has 1 aromatic heterocycles. The summed E-state index contributed by atoms with van der Waals surface area (Å²) in [6.45, 7) is 2.73. The molecule has 45 heavy (non-hydrogen) atoms. The van der Waals surface area contributed by atoms with Crippen LogP contribution in [0, 0.1) is 5.82 Å². The molecule has 0 amide bonds. The van der Waals surface area contributed by atoms with Gasteiger partial charge >= 0.3 is 12.1 Å². The van der Waals surface area contributed by atoms with E-state index in [-0.39, 0.29) is 17.2 Å². The number of imidazole rings is 1. The van der Waals surface area contributed by atoms with Gasteiger partial charge in [-0.3, -0.25) is 0 Å². The molecule has 3 heterocycles. The number of benzene rings is 4. The molecule has 2 atom stereocenters. The molecule has 11 heteroatoms. The van der Waals surface area contributed by atoms with Crippen LogP contribution in [0.25, 0.3) is 22.2 Å². The Morgan fingerprint density at radius 3 is 2.49 bits per heavy atom. The summed E-state index contributed by atoms with van der Waals surface area (Å²) in [5.41, 5.74) is 2.80. The van der Waals surface area contributed by atoms with E-state index in [0.29, 0.717) is 48.2 Å². The highest BCUT2D eigenvalue weighted by molar-refractivity contribution is 5.92. The van der Waals surface area contributed by atoms with Crippen molar-refractivity contribution in [3.05, 3.63) is 113 Å². The molecule has 7 nitrogen and oxygen atoms in total. The van der Waals surface area contributed by atoms with Crippen LogP contribution in [-0.4, -0.2) is 33.3 Å². The Bertz CT molecular complexity index is 1950. The first kappa shape index (κ1) is 28.8. The number of aromatic nitrogens is 2. The second-order valence-corrected chi connectivity index (χ2v) is 11.3. The summed E-state index contributed by atoms with van der Waals surface area (Å²) in [6, 6.07) is 20.1. The summed E-state index contributed by atoms with van der Waals surface area (Å²) in [6.07, 6.45) is -3.23. The normalized spacial score (nSPS) is 19.1. The fraction of sp³-hybridized carbons (Fsp3) is 0.235. The molecular weight excluding hydrogens is 592 g/mol. The number of aromatic carboxylic acids is 1. The van der Waals surface area contributed by atoms with E-state index in [1.54, 1.807) is 30.3 Å². The molecule has 0 spiro atoms. The highest BCUT2D eigenvalue weighted by Crippen LogP contribution is 2.50. The zero-order valence-corrected chi connectivity index (χ0v) is 23.9. The second-order valence-electron chi connectivity index (χ2n) is 11.3. The lowest BCUT2D eigenvalue weighted by molar-refractivity contribution is -0.138. The fourth-order valence-electron chi connectivity index (χ4n) is 5.79. The van der Waals surface area contributed by atoms with Crippen molar-refractivity contribution in [2.75, 3.05) is 6.61 Å². The number of ether oxygens (including phenoxy) is 3. The van der Waals surface area contributed by atoms with Crippen molar-refractivity contribution in [1.82, 2.24) is 9.55 Å². The van der Waals surface area contributed by atoms with Gasteiger partial charge in [0.2, 0.25) is 0 Å². The topological polar surface area (TPSA) is 82.8 Å². The number of fused-ring (bicyclic) bond motifs is 2. The Hall–Kier alpha value is -4.90. The number of hydrogen-bond acceptors (Lipinski definition) is 5. The highest BCUT2D eigenvalue weighted by Gasteiger charge is 2.43. The largest absolute Gasteiger partial charge is 0.478 e. The average molecular weight is 619 g/mol. The smallest absolute Gasteiger partial charge is 0.416 e. The van der Waals surface area contributed by atoms with Crippen molar-refractivity contribution in [2.45, 2.75) is 44.4 Å². The maximum absolute atomic E-state index is 14.9. The Labute approximate surface area is 254 Å². The lowest BCUT2D eigenvalue weighted by Crippen LogP contribution is -2.33. The summed E-state index contributed by atoms with van der Waals surface area (Å²) >= 11 is 0. The minimum atomic E-state index is -4.68. The van der Waals surface area contributed by atoms with Crippen LogP contribution in [-0.2, 0) is 29.7 Å². The number of carboxylic acids is 1. The molecule has 2 aliphatic rings. The molecule has 4 aromatic carbocycles. The van der Waals surface area contributed by atoms with Crippen molar-refractivity contribution < 1.29 is 41.7 Å². The number of alkyl halides is 3. The van der Waals surface area contributed by atoms with Crippen LogP contribution < -0.4 is 9.47 Å². The van der Waals surface area contributed by atoms with Gasteiger partial charge in [0.1, 0.15) is 11.6 Å². The SMILES string of the molecule is CC1(c2ccc(C(F)(F)F)cc2F)Oc2cccc(-c3ccc(Cc4nc5ccc(C(=O)O)cc5n4C[C@@H]4CCO4)cc3)c2O1. The molecule has 5 aromatic rings. The third kappa shape index (κ3) is 5.27. The number of nitrogens with zero attached hydrogens (tertiary/aromatic N) is 2. The third-order valence-corrected chi connectivity index (χ3v) is 8.25. The summed E-state index contributed by atoms with van der Waals surface area (Å²) in [7, 11) is 0. The summed E-state index contributed by atoms with van der Waals surface area (Å²) in [4.78, 5) is 16.4. The van der Waals surface area contributed by atoms with Gasteiger partial charge in [0, 0.05) is 25.5 Å². The van der Waals surface area contributed by atoms with Gasteiger partial charge in [-0.05, 0) is 60.0 Å². The number of halogens is 4.